The first kappa shape index (κ1) is 40.6. The van der Waals surface area contributed by atoms with Gasteiger partial charge in [-0.25, -0.2) is 9.59 Å². The van der Waals surface area contributed by atoms with Crippen molar-refractivity contribution < 1.29 is 38.5 Å². The van der Waals surface area contributed by atoms with Crippen LogP contribution < -0.4 is 22.5 Å². The maximum absolute atomic E-state index is 12.3. The van der Waals surface area contributed by atoms with E-state index in [-0.39, 0.29) is 24.1 Å². The van der Waals surface area contributed by atoms with Crippen molar-refractivity contribution in [2.45, 2.75) is 76.0 Å². The molecule has 0 saturated carbocycles. The second-order valence-corrected chi connectivity index (χ2v) is 13.9. The summed E-state index contributed by atoms with van der Waals surface area (Å²) in [7, 11) is -4.29. The second kappa shape index (κ2) is 20.0. The van der Waals surface area contributed by atoms with E-state index in [1.54, 1.807) is 13.8 Å². The molecule has 2 aromatic carbocycles. The molecule has 2 aromatic rings. The first-order chi connectivity index (χ1) is 21.0. The molecule has 10 N–H and O–H groups in total. The lowest BCUT2D eigenvalue weighted by molar-refractivity contribution is -0.148. The Balaban J connectivity index is 0.000000441. The molecular weight excluding hydrogens is 634 g/mol. The van der Waals surface area contributed by atoms with E-state index in [9.17, 15) is 28.3 Å². The summed E-state index contributed by atoms with van der Waals surface area (Å²) in [4.78, 5) is 49.7. The highest BCUT2D eigenvalue weighted by Gasteiger charge is 2.37. The van der Waals surface area contributed by atoms with E-state index >= 15 is 0 Å². The van der Waals surface area contributed by atoms with Crippen LogP contribution in [0.1, 0.15) is 50.7 Å². The normalized spacial score (nSPS) is 19.7. The highest BCUT2D eigenvalue weighted by molar-refractivity contribution is 7.41. The van der Waals surface area contributed by atoms with E-state index in [1.807, 2.05) is 60.7 Å². The zero-order valence-electron chi connectivity index (χ0n) is 26.4. The molecule has 0 aromatic heterocycles. The lowest BCUT2D eigenvalue weighted by Gasteiger charge is -2.25. The van der Waals surface area contributed by atoms with Gasteiger partial charge in [0.2, 0.25) is 11.8 Å². The number of nitrogens with zero attached hydrogens (tertiary/aromatic N) is 2. The molecule has 46 heavy (non-hydrogen) atoms. The maximum Gasteiger partial charge on any atom is 0.326 e. The van der Waals surface area contributed by atoms with Gasteiger partial charge in [0.15, 0.2) is 0 Å². The molecule has 0 bridgehead atoms. The van der Waals surface area contributed by atoms with Gasteiger partial charge in [0.25, 0.3) is 0 Å². The summed E-state index contributed by atoms with van der Waals surface area (Å²) in [6.07, 6.45) is 3.10. The van der Waals surface area contributed by atoms with Gasteiger partial charge < -0.3 is 41.4 Å². The van der Waals surface area contributed by atoms with Crippen molar-refractivity contribution >= 4 is 39.7 Å². The molecule has 2 heterocycles. The third-order valence-electron chi connectivity index (χ3n) is 7.55. The third kappa shape index (κ3) is 12.1. The van der Waals surface area contributed by atoms with Crippen molar-refractivity contribution in [1.29, 1.82) is 0 Å². The Hall–Kier alpha value is -3.38. The minimum Gasteiger partial charge on any atom is -0.480 e. The highest BCUT2D eigenvalue weighted by Crippen LogP contribution is 2.26. The molecule has 2 aliphatic rings. The molecule has 2 aliphatic heterocycles. The maximum atomic E-state index is 12.3. The number of carboxylic acid groups (broad SMARTS) is 2. The number of amides is 2. The van der Waals surface area contributed by atoms with Crippen molar-refractivity contribution in [3.63, 3.8) is 0 Å². The standard InChI is InChI=1S/2C15H21N2O4P.2H3N/c2*1-11(14(18)17-9-5-8-13(17)15(19)20)16-22(21)10-12-6-3-2-4-7-12;;/h2*2-4,6-7,11,13,22H,5,8-10H2,1H3,(H,16,21)(H,19,20);2*1H3/t2*11-,13-;;/m00../s1. The Morgan fingerprint density at radius 1 is 0.696 bits per heavy atom. The lowest BCUT2D eigenvalue weighted by Crippen LogP contribution is -2.47. The van der Waals surface area contributed by atoms with E-state index in [0.717, 1.165) is 11.1 Å². The van der Waals surface area contributed by atoms with E-state index < -0.39 is 52.0 Å². The Morgan fingerprint density at radius 3 is 1.33 bits per heavy atom. The molecule has 0 spiro atoms. The number of likely N-dealkylation sites (tertiary alicyclic amines) is 2. The smallest absolute Gasteiger partial charge is 0.326 e. The third-order valence-corrected chi connectivity index (χ3v) is 10.5. The van der Waals surface area contributed by atoms with Gasteiger partial charge in [-0.05, 0) is 50.7 Å². The van der Waals surface area contributed by atoms with Crippen LogP contribution in [0.15, 0.2) is 60.7 Å². The van der Waals surface area contributed by atoms with Crippen LogP contribution in [-0.4, -0.2) is 81.0 Å². The number of aliphatic carboxylic acids is 2. The zero-order chi connectivity index (χ0) is 32.2. The van der Waals surface area contributed by atoms with E-state index in [2.05, 4.69) is 10.2 Å². The van der Waals surface area contributed by atoms with Crippen molar-refractivity contribution in [2.24, 2.45) is 0 Å². The SMILES string of the molecule is C[C@H](N[PH](=O)Cc1ccccc1)C(=O)N1CCC[C@H]1C(=O)O.C[C@H](N[PH](=O)Cc1ccccc1)C(=O)N1CCC[C@H]1C(=O)O.N.N. The average Bonchev–Trinajstić information content (AvgIpc) is 3.68. The lowest BCUT2D eigenvalue weighted by atomic mass is 10.2. The van der Waals surface area contributed by atoms with Crippen LogP contribution in [0.3, 0.4) is 0 Å². The number of carbonyl (C=O) groups is 4. The van der Waals surface area contributed by atoms with Gasteiger partial charge in [-0.15, -0.1) is 0 Å². The molecule has 2 unspecified atom stereocenters. The fourth-order valence-corrected chi connectivity index (χ4v) is 7.97. The van der Waals surface area contributed by atoms with Crippen molar-refractivity contribution in [3.05, 3.63) is 71.8 Å². The molecule has 2 amide bonds. The van der Waals surface area contributed by atoms with Gasteiger partial charge >= 0.3 is 11.9 Å². The van der Waals surface area contributed by atoms with Crippen LogP contribution in [0.5, 0.6) is 0 Å². The van der Waals surface area contributed by atoms with Crippen LogP contribution in [-0.2, 0) is 40.6 Å². The number of benzene rings is 2. The predicted molar refractivity (Wildman–Crippen MR) is 178 cm³/mol. The molecule has 256 valence electrons. The van der Waals surface area contributed by atoms with Crippen molar-refractivity contribution in [3.8, 4) is 0 Å². The van der Waals surface area contributed by atoms with Gasteiger partial charge in [0.05, 0.1) is 12.1 Å². The van der Waals surface area contributed by atoms with Crippen LogP contribution in [0.2, 0.25) is 0 Å². The minimum atomic E-state index is -2.15. The number of hydrogen-bond acceptors (Lipinski definition) is 8. The summed E-state index contributed by atoms with van der Waals surface area (Å²) in [5, 5.41) is 23.9. The highest BCUT2D eigenvalue weighted by atomic mass is 31.1. The van der Waals surface area contributed by atoms with Crippen LogP contribution in [0, 0.1) is 0 Å². The monoisotopic (exact) mass is 682 g/mol. The summed E-state index contributed by atoms with van der Waals surface area (Å²) in [5.74, 6) is -2.54. The molecule has 6 atom stereocenters. The number of nitrogens with one attached hydrogen (secondary N) is 2. The van der Waals surface area contributed by atoms with Gasteiger partial charge in [0, 0.05) is 25.4 Å². The molecule has 2 fully saturated rings. The minimum absolute atomic E-state index is 0. The summed E-state index contributed by atoms with van der Waals surface area (Å²) in [6.45, 7) is 4.16. The molecule has 4 rings (SSSR count). The molecule has 14 nitrogen and oxygen atoms in total. The number of hydrogen-bond donors (Lipinski definition) is 6. The number of rotatable bonds is 12. The van der Waals surface area contributed by atoms with Crippen LogP contribution in [0.25, 0.3) is 0 Å². The average molecular weight is 683 g/mol. The van der Waals surface area contributed by atoms with E-state index in [4.69, 9.17) is 10.2 Å². The van der Waals surface area contributed by atoms with Gasteiger partial charge in [-0.1, -0.05) is 60.7 Å². The van der Waals surface area contributed by atoms with Crippen LogP contribution >= 0.6 is 15.9 Å². The fraction of sp³-hybridized carbons (Fsp3) is 0.467. The first-order valence-electron chi connectivity index (χ1n) is 14.7. The number of carbonyl (C=O) groups excluding carboxylic acids is 2. The topological polar surface area (TPSA) is 243 Å². The van der Waals surface area contributed by atoms with Crippen LogP contribution in [0.4, 0.5) is 0 Å². The Morgan fingerprint density at radius 2 is 1.02 bits per heavy atom. The quantitative estimate of drug-likeness (QED) is 0.175. The molecule has 0 aliphatic carbocycles. The largest absolute Gasteiger partial charge is 0.480 e. The molecule has 16 heteroatoms. The van der Waals surface area contributed by atoms with E-state index in [1.165, 1.54) is 9.80 Å². The van der Waals surface area contributed by atoms with Crippen molar-refractivity contribution in [1.82, 2.24) is 32.3 Å². The molecular formula is C30H48N6O8P2. The Labute approximate surface area is 271 Å². The van der Waals surface area contributed by atoms with Gasteiger partial charge in [-0.2, -0.15) is 0 Å². The Kier molecular flexibility index (Phi) is 17.7. The predicted octanol–water partition coefficient (Wildman–Crippen LogP) is 3.75. The zero-order valence-corrected chi connectivity index (χ0v) is 28.4. The molecule has 0 radical (unpaired) electrons. The van der Waals surface area contributed by atoms with Gasteiger partial charge in [0.1, 0.15) is 28.0 Å². The van der Waals surface area contributed by atoms with Crippen molar-refractivity contribution in [2.75, 3.05) is 13.1 Å². The second-order valence-electron chi connectivity index (χ2n) is 11.0. The molecule has 2 saturated heterocycles. The fourth-order valence-electron chi connectivity index (χ4n) is 5.34. The Bertz CT molecular complexity index is 1240. The summed E-state index contributed by atoms with van der Waals surface area (Å²) < 4.78 is 24.3. The summed E-state index contributed by atoms with van der Waals surface area (Å²) in [5.41, 5.74) is 1.89. The number of carboxylic acids is 2. The van der Waals surface area contributed by atoms with Gasteiger partial charge in [-0.3, -0.25) is 19.8 Å². The van der Waals surface area contributed by atoms with E-state index in [0.29, 0.717) is 51.1 Å². The summed E-state index contributed by atoms with van der Waals surface area (Å²) in [6, 6.07) is 16.0. The summed E-state index contributed by atoms with van der Waals surface area (Å²) >= 11 is 0. The first-order valence-corrected chi connectivity index (χ1v) is 17.9.